The number of carboxylic acid groups (broad SMARTS) is 1. The van der Waals surface area contributed by atoms with Crippen LogP contribution in [0.2, 0.25) is 0 Å². The maximum Gasteiger partial charge on any atom is 0.407 e. The van der Waals surface area contributed by atoms with Gasteiger partial charge in [0.2, 0.25) is 5.91 Å². The molecule has 35 heavy (non-hydrogen) atoms. The van der Waals surface area contributed by atoms with E-state index in [-0.39, 0.29) is 49.6 Å². The fourth-order valence-electron chi connectivity index (χ4n) is 4.55. The molecule has 10 nitrogen and oxygen atoms in total. The van der Waals surface area contributed by atoms with E-state index in [1.54, 1.807) is 0 Å². The van der Waals surface area contributed by atoms with Gasteiger partial charge in [-0.05, 0) is 22.3 Å². The van der Waals surface area contributed by atoms with Crippen LogP contribution in [-0.4, -0.2) is 54.1 Å². The van der Waals surface area contributed by atoms with Crippen molar-refractivity contribution in [3.05, 3.63) is 77.2 Å². The van der Waals surface area contributed by atoms with E-state index in [2.05, 4.69) is 27.9 Å². The van der Waals surface area contributed by atoms with E-state index in [0.717, 1.165) is 22.3 Å². The molecule has 2 atom stereocenters. The van der Waals surface area contributed by atoms with Crippen molar-refractivity contribution in [3.8, 4) is 11.1 Å². The zero-order chi connectivity index (χ0) is 24.4. The van der Waals surface area contributed by atoms with Crippen molar-refractivity contribution in [2.24, 2.45) is 5.92 Å². The first-order valence-electron chi connectivity index (χ1n) is 11.2. The average molecular weight is 477 g/mol. The number of ether oxygens (including phenoxy) is 2. The number of aromatic nitrogens is 1. The highest BCUT2D eigenvalue weighted by Gasteiger charge is 2.36. The Labute approximate surface area is 200 Å². The lowest BCUT2D eigenvalue weighted by molar-refractivity contribution is -0.125. The second-order valence-corrected chi connectivity index (χ2v) is 8.42. The summed E-state index contributed by atoms with van der Waals surface area (Å²) < 4.78 is 15.9. The fourth-order valence-corrected chi connectivity index (χ4v) is 4.55. The number of carboxylic acids is 1. The van der Waals surface area contributed by atoms with Crippen LogP contribution in [0.4, 0.5) is 4.79 Å². The van der Waals surface area contributed by atoms with Gasteiger partial charge in [0.25, 0.3) is 0 Å². The number of carbonyl (C=O) groups excluding carboxylic acids is 2. The van der Waals surface area contributed by atoms with E-state index in [4.69, 9.17) is 19.1 Å². The van der Waals surface area contributed by atoms with Crippen LogP contribution < -0.4 is 10.6 Å². The third-order valence-corrected chi connectivity index (χ3v) is 6.28. The highest BCUT2D eigenvalue weighted by molar-refractivity contribution is 5.85. The number of carbonyl (C=O) groups is 3. The molecule has 1 aromatic heterocycles. The van der Waals surface area contributed by atoms with Crippen LogP contribution in [0.1, 0.15) is 33.3 Å². The predicted molar refractivity (Wildman–Crippen MR) is 122 cm³/mol. The quantitative estimate of drug-likeness (QED) is 0.472. The lowest BCUT2D eigenvalue weighted by atomic mass is 9.98. The summed E-state index contributed by atoms with van der Waals surface area (Å²) in [5, 5.41) is 17.7. The summed E-state index contributed by atoms with van der Waals surface area (Å²) in [7, 11) is 0. The molecule has 2 heterocycles. The third kappa shape index (κ3) is 4.60. The highest BCUT2D eigenvalue weighted by Crippen LogP contribution is 2.44. The molecule has 10 heteroatoms. The Morgan fingerprint density at radius 2 is 1.71 bits per heavy atom. The molecule has 2 aliphatic rings. The van der Waals surface area contributed by atoms with Crippen LogP contribution in [0.5, 0.6) is 0 Å². The number of nitrogens with zero attached hydrogens (tertiary/aromatic N) is 1. The van der Waals surface area contributed by atoms with Crippen LogP contribution in [0.25, 0.3) is 11.1 Å². The molecule has 3 N–H and O–H groups in total. The number of hydrogen-bond donors (Lipinski definition) is 3. The summed E-state index contributed by atoms with van der Waals surface area (Å²) in [6.45, 7) is 0.444. The Morgan fingerprint density at radius 3 is 2.37 bits per heavy atom. The molecular formula is C25H23N3O7. The van der Waals surface area contributed by atoms with Crippen molar-refractivity contribution >= 4 is 18.0 Å². The number of rotatable bonds is 7. The normalized spacial score (nSPS) is 18.5. The van der Waals surface area contributed by atoms with E-state index in [1.165, 1.54) is 6.07 Å². The molecule has 0 saturated carbocycles. The van der Waals surface area contributed by atoms with Gasteiger partial charge >= 0.3 is 12.1 Å². The van der Waals surface area contributed by atoms with Gasteiger partial charge in [0.15, 0.2) is 11.5 Å². The van der Waals surface area contributed by atoms with E-state index in [1.807, 2.05) is 36.4 Å². The minimum absolute atomic E-state index is 0.0344. The van der Waals surface area contributed by atoms with Gasteiger partial charge in [-0.1, -0.05) is 53.7 Å². The Hall–Kier alpha value is -4.18. The molecule has 3 aromatic rings. The Kier molecular flexibility index (Phi) is 6.19. The summed E-state index contributed by atoms with van der Waals surface area (Å²) in [6, 6.07) is 16.8. The van der Waals surface area contributed by atoms with Crippen molar-refractivity contribution in [2.45, 2.75) is 18.5 Å². The number of fused-ring (bicyclic) bond motifs is 3. The van der Waals surface area contributed by atoms with E-state index >= 15 is 0 Å². The summed E-state index contributed by atoms with van der Waals surface area (Å²) in [5.74, 6) is -2.07. The topological polar surface area (TPSA) is 140 Å². The molecule has 1 aliphatic heterocycles. The number of aromatic carboxylic acids is 1. The minimum atomic E-state index is -1.22. The van der Waals surface area contributed by atoms with E-state index in [9.17, 15) is 14.4 Å². The van der Waals surface area contributed by atoms with Crippen molar-refractivity contribution in [2.75, 3.05) is 19.8 Å². The minimum Gasteiger partial charge on any atom is -0.476 e. The molecular weight excluding hydrogens is 454 g/mol. The van der Waals surface area contributed by atoms with E-state index < -0.39 is 24.0 Å². The molecule has 180 valence electrons. The standard InChI is InChI=1S/C25H23N3O7/c29-23(26-10-14-9-21(24(30)31)28-35-14)20-11-33-13-22(20)27-25(32)34-12-19-17-7-3-1-5-15(17)16-6-2-4-8-18(16)19/h1-9,19-20,22H,10-13H2,(H,26,29)(H,27,32)(H,30,31). The average Bonchev–Trinajstić information content (AvgIpc) is 3.59. The first kappa shape index (κ1) is 22.6. The molecule has 1 aliphatic carbocycles. The number of nitrogens with one attached hydrogen (secondary N) is 2. The summed E-state index contributed by atoms with van der Waals surface area (Å²) in [5.41, 5.74) is 4.26. The summed E-state index contributed by atoms with van der Waals surface area (Å²) in [4.78, 5) is 36.1. The van der Waals surface area contributed by atoms with Gasteiger partial charge in [0.05, 0.1) is 31.7 Å². The van der Waals surface area contributed by atoms with Crippen molar-refractivity contribution in [3.63, 3.8) is 0 Å². The molecule has 0 bridgehead atoms. The first-order valence-corrected chi connectivity index (χ1v) is 11.2. The third-order valence-electron chi connectivity index (χ3n) is 6.28. The fraction of sp³-hybridized carbons (Fsp3) is 0.280. The van der Waals surface area contributed by atoms with Crippen molar-refractivity contribution in [1.82, 2.24) is 15.8 Å². The smallest absolute Gasteiger partial charge is 0.407 e. The molecule has 1 saturated heterocycles. The van der Waals surface area contributed by atoms with Gasteiger partial charge in [-0.25, -0.2) is 9.59 Å². The zero-order valence-electron chi connectivity index (χ0n) is 18.6. The van der Waals surface area contributed by atoms with Gasteiger partial charge in [-0.2, -0.15) is 0 Å². The van der Waals surface area contributed by atoms with Crippen molar-refractivity contribution < 1.29 is 33.5 Å². The van der Waals surface area contributed by atoms with Crippen LogP contribution in [0.3, 0.4) is 0 Å². The zero-order valence-corrected chi connectivity index (χ0v) is 18.6. The second-order valence-electron chi connectivity index (χ2n) is 8.42. The van der Waals surface area contributed by atoms with Crippen LogP contribution in [0, 0.1) is 5.92 Å². The predicted octanol–water partition coefficient (Wildman–Crippen LogP) is 2.54. The van der Waals surface area contributed by atoms with Crippen molar-refractivity contribution in [1.29, 1.82) is 0 Å². The van der Waals surface area contributed by atoms with Crippen LogP contribution >= 0.6 is 0 Å². The largest absolute Gasteiger partial charge is 0.476 e. The molecule has 5 rings (SSSR count). The van der Waals surface area contributed by atoms with Crippen LogP contribution in [-0.2, 0) is 20.8 Å². The second kappa shape index (κ2) is 9.59. The number of hydrogen-bond acceptors (Lipinski definition) is 7. The van der Waals surface area contributed by atoms with Gasteiger partial charge < -0.3 is 29.7 Å². The number of amides is 2. The van der Waals surface area contributed by atoms with Gasteiger partial charge in [-0.3, -0.25) is 4.79 Å². The monoisotopic (exact) mass is 477 g/mol. The van der Waals surface area contributed by atoms with Gasteiger partial charge in [0.1, 0.15) is 6.61 Å². The van der Waals surface area contributed by atoms with E-state index in [0.29, 0.717) is 0 Å². The molecule has 2 amide bonds. The molecule has 0 spiro atoms. The lowest BCUT2D eigenvalue weighted by Gasteiger charge is -2.19. The summed E-state index contributed by atoms with van der Waals surface area (Å²) in [6.07, 6.45) is -0.624. The lowest BCUT2D eigenvalue weighted by Crippen LogP contribution is -2.46. The van der Waals surface area contributed by atoms with Gasteiger partial charge in [-0.15, -0.1) is 0 Å². The Morgan fingerprint density at radius 1 is 1.03 bits per heavy atom. The molecule has 1 fully saturated rings. The summed E-state index contributed by atoms with van der Waals surface area (Å²) >= 11 is 0. The maximum absolute atomic E-state index is 12.6. The SMILES string of the molecule is O=C(NC1COCC1C(=O)NCc1cc(C(=O)O)no1)OCC1c2ccccc2-c2ccccc21. The molecule has 0 radical (unpaired) electrons. The number of alkyl carbamates (subject to hydrolysis) is 1. The highest BCUT2D eigenvalue weighted by atomic mass is 16.5. The molecule has 2 aromatic carbocycles. The molecule has 2 unspecified atom stereocenters. The van der Waals surface area contributed by atoms with Crippen LogP contribution in [0.15, 0.2) is 59.1 Å². The maximum atomic E-state index is 12.6. The Balaban J connectivity index is 1.16. The number of benzene rings is 2. The van der Waals surface area contributed by atoms with Gasteiger partial charge in [0, 0.05) is 12.0 Å². The first-order chi connectivity index (χ1) is 17.0. The Bertz CT molecular complexity index is 1230.